The number of para-hydroxylation sites is 1. The smallest absolute Gasteiger partial charge is 0.339 e. The third kappa shape index (κ3) is 14.9. The summed E-state index contributed by atoms with van der Waals surface area (Å²) in [5, 5.41) is 10.3. The number of rotatable bonds is 14. The van der Waals surface area contributed by atoms with Gasteiger partial charge in [0.05, 0.1) is 49.1 Å². The summed E-state index contributed by atoms with van der Waals surface area (Å²) in [7, 11) is -1.16. The average Bonchev–Trinajstić information content (AvgIpc) is 3.43. The highest BCUT2D eigenvalue weighted by Crippen LogP contribution is 2.34. The van der Waals surface area contributed by atoms with E-state index in [1.807, 2.05) is 26.0 Å². The molecule has 0 bridgehead atoms. The second-order valence-electron chi connectivity index (χ2n) is 11.6. The number of hydrogen-bond donors (Lipinski definition) is 4. The fourth-order valence-corrected chi connectivity index (χ4v) is 7.58. The van der Waals surface area contributed by atoms with Gasteiger partial charge in [-0.1, -0.05) is 36.7 Å². The SMILES string of the molecule is CCc1cccc(C)c1N(C(=O)CCl)C(C)COC.COC(=O)CSc1cc(/N=c2\sc(=O)n3n2CCCC3)c(F)cc1Cl.O=C(O)CNCP(=O)(O)O. The molecule has 0 fully saturated rings. The number of thioether (sulfide) groups is 1. The number of aliphatic carboxylic acids is 1. The largest absolute Gasteiger partial charge is 0.480 e. The maximum Gasteiger partial charge on any atom is 0.339 e. The summed E-state index contributed by atoms with van der Waals surface area (Å²) in [6.07, 6.45) is 2.18. The summed E-state index contributed by atoms with van der Waals surface area (Å²) in [4.78, 5) is 68.6. The van der Waals surface area contributed by atoms with Gasteiger partial charge >= 0.3 is 24.4 Å². The van der Waals surface area contributed by atoms with Crippen molar-refractivity contribution < 1.29 is 47.7 Å². The zero-order valence-corrected chi connectivity index (χ0v) is 34.5. The topological polar surface area (TPSA) is 202 Å². The molecule has 300 valence electrons. The Hall–Kier alpha value is -3.06. The van der Waals surface area contributed by atoms with Gasteiger partial charge in [0.15, 0.2) is 0 Å². The van der Waals surface area contributed by atoms with Gasteiger partial charge in [-0.15, -0.1) is 23.4 Å². The Balaban J connectivity index is 0.000000308. The molecular formula is C33H45Cl2FN5O10PS2. The van der Waals surface area contributed by atoms with Crippen LogP contribution in [0.15, 0.2) is 45.0 Å². The lowest BCUT2D eigenvalue weighted by Gasteiger charge is -2.31. The monoisotopic (exact) mass is 855 g/mol. The van der Waals surface area contributed by atoms with E-state index < -0.39 is 38.2 Å². The number of carbonyl (C=O) groups is 3. The van der Waals surface area contributed by atoms with Crippen molar-refractivity contribution in [3.8, 4) is 0 Å². The molecule has 0 saturated carbocycles. The number of nitrogens with one attached hydrogen (secondary N) is 1. The average molecular weight is 857 g/mol. The number of aromatic nitrogens is 2. The Morgan fingerprint density at radius 3 is 2.43 bits per heavy atom. The molecule has 0 spiro atoms. The van der Waals surface area contributed by atoms with E-state index >= 15 is 0 Å². The molecule has 2 aromatic carbocycles. The van der Waals surface area contributed by atoms with Gasteiger partial charge in [-0.05, 0) is 67.7 Å². The molecular weight excluding hydrogens is 811 g/mol. The van der Waals surface area contributed by atoms with Gasteiger partial charge in [0.2, 0.25) is 10.7 Å². The number of carboxylic acid groups (broad SMARTS) is 1. The van der Waals surface area contributed by atoms with Crippen molar-refractivity contribution in [3.05, 3.63) is 66.8 Å². The summed E-state index contributed by atoms with van der Waals surface area (Å²) in [6, 6.07) is 8.69. The molecule has 1 aliphatic heterocycles. The number of ether oxygens (including phenoxy) is 2. The summed E-state index contributed by atoms with van der Waals surface area (Å²) >= 11 is 13.9. The van der Waals surface area contributed by atoms with Crippen LogP contribution in [0.3, 0.4) is 0 Å². The van der Waals surface area contributed by atoms with Crippen LogP contribution in [0.2, 0.25) is 5.02 Å². The highest BCUT2D eigenvalue weighted by molar-refractivity contribution is 8.00. The van der Waals surface area contributed by atoms with Gasteiger partial charge in [-0.25, -0.2) is 14.1 Å². The van der Waals surface area contributed by atoms with Crippen LogP contribution in [0.4, 0.5) is 15.8 Å². The predicted molar refractivity (Wildman–Crippen MR) is 208 cm³/mol. The van der Waals surface area contributed by atoms with E-state index in [4.69, 9.17) is 42.8 Å². The first kappa shape index (κ1) is 47.1. The molecule has 2 heterocycles. The minimum Gasteiger partial charge on any atom is -0.480 e. The quantitative estimate of drug-likeness (QED) is 0.0752. The van der Waals surface area contributed by atoms with Crippen LogP contribution in [-0.2, 0) is 47.9 Å². The van der Waals surface area contributed by atoms with Crippen LogP contribution in [0, 0.1) is 12.7 Å². The minimum absolute atomic E-state index is 0.0223. The van der Waals surface area contributed by atoms with Crippen molar-refractivity contribution in [1.29, 1.82) is 0 Å². The summed E-state index contributed by atoms with van der Waals surface area (Å²) in [5.74, 6) is -2.18. The lowest BCUT2D eigenvalue weighted by Crippen LogP contribution is -2.43. The van der Waals surface area contributed by atoms with Crippen LogP contribution in [-0.4, -0.2) is 93.4 Å². The lowest BCUT2D eigenvalue weighted by molar-refractivity contribution is -0.137. The highest BCUT2D eigenvalue weighted by atomic mass is 35.5. The van der Waals surface area contributed by atoms with Crippen LogP contribution >= 0.6 is 53.9 Å². The molecule has 1 amide bonds. The normalized spacial score (nSPS) is 13.1. The number of fused-ring (bicyclic) bond motifs is 1. The maximum absolute atomic E-state index is 14.3. The summed E-state index contributed by atoms with van der Waals surface area (Å²) in [5.41, 5.74) is 3.29. The van der Waals surface area contributed by atoms with E-state index in [0.29, 0.717) is 29.4 Å². The van der Waals surface area contributed by atoms with Gasteiger partial charge in [-0.2, -0.15) is 0 Å². The number of methoxy groups -OCH3 is 2. The van der Waals surface area contributed by atoms with E-state index in [-0.39, 0.29) is 39.2 Å². The summed E-state index contributed by atoms with van der Waals surface area (Å²) < 4.78 is 37.5. The van der Waals surface area contributed by atoms with E-state index in [9.17, 15) is 28.1 Å². The van der Waals surface area contributed by atoms with Gasteiger partial charge in [-0.3, -0.25) is 33.7 Å². The molecule has 0 radical (unpaired) electrons. The first-order chi connectivity index (χ1) is 25.5. The molecule has 15 nitrogen and oxygen atoms in total. The van der Waals surface area contributed by atoms with Crippen LogP contribution in [0.1, 0.15) is 37.8 Å². The predicted octanol–water partition coefficient (Wildman–Crippen LogP) is 4.76. The van der Waals surface area contributed by atoms with Crippen molar-refractivity contribution in [2.45, 2.75) is 64.1 Å². The zero-order chi connectivity index (χ0) is 40.6. The Morgan fingerprint density at radius 1 is 1.19 bits per heavy atom. The molecule has 21 heteroatoms. The van der Waals surface area contributed by atoms with Crippen molar-refractivity contribution in [3.63, 3.8) is 0 Å². The molecule has 1 unspecified atom stereocenters. The minimum atomic E-state index is -4.10. The lowest BCUT2D eigenvalue weighted by atomic mass is 10.0. The number of halogens is 3. The molecule has 4 N–H and O–H groups in total. The third-order valence-electron chi connectivity index (χ3n) is 7.45. The number of alkyl halides is 1. The number of nitrogens with zero attached hydrogens (tertiary/aromatic N) is 4. The van der Waals surface area contributed by atoms with Crippen LogP contribution < -0.4 is 19.9 Å². The number of amides is 1. The first-order valence-corrected chi connectivity index (χ1v) is 21.0. The number of hydrogen-bond acceptors (Lipinski definition) is 11. The Bertz CT molecular complexity index is 1920. The van der Waals surface area contributed by atoms with Gasteiger partial charge in [0, 0.05) is 25.1 Å². The van der Waals surface area contributed by atoms with Crippen LogP contribution in [0.25, 0.3) is 0 Å². The maximum atomic E-state index is 14.3. The molecule has 1 aromatic heterocycles. The number of benzene rings is 2. The van der Waals surface area contributed by atoms with Crippen molar-refractivity contribution in [2.75, 3.05) is 50.2 Å². The molecule has 4 rings (SSSR count). The number of esters is 1. The van der Waals surface area contributed by atoms with E-state index in [1.165, 1.54) is 13.2 Å². The van der Waals surface area contributed by atoms with Gasteiger partial charge in [0.25, 0.3) is 0 Å². The molecule has 0 aliphatic carbocycles. The third-order valence-corrected chi connectivity index (χ3v) is 10.6. The number of anilines is 1. The fraction of sp³-hybridized carbons (Fsp3) is 0.485. The molecule has 1 aliphatic rings. The zero-order valence-electron chi connectivity index (χ0n) is 30.4. The summed E-state index contributed by atoms with van der Waals surface area (Å²) in [6.45, 7) is 7.45. The van der Waals surface area contributed by atoms with E-state index in [1.54, 1.807) is 21.4 Å². The Kier molecular flexibility index (Phi) is 20.2. The van der Waals surface area contributed by atoms with Crippen molar-refractivity contribution >= 4 is 83.1 Å². The molecule has 1 atom stereocenters. The van der Waals surface area contributed by atoms with Gasteiger partial charge < -0.3 is 29.3 Å². The second kappa shape index (κ2) is 23.1. The second-order valence-corrected chi connectivity index (χ2v) is 15.9. The Morgan fingerprint density at radius 2 is 1.85 bits per heavy atom. The van der Waals surface area contributed by atoms with E-state index in [2.05, 4.69) is 28.0 Å². The first-order valence-electron chi connectivity index (χ1n) is 16.4. The van der Waals surface area contributed by atoms with Gasteiger partial charge in [0.1, 0.15) is 17.4 Å². The molecule has 0 saturated heterocycles. The van der Waals surface area contributed by atoms with Crippen molar-refractivity contribution in [1.82, 2.24) is 14.7 Å². The molecule has 3 aromatic rings. The fourth-order valence-electron chi connectivity index (χ4n) is 5.06. The highest BCUT2D eigenvalue weighted by Gasteiger charge is 2.24. The number of carbonyl (C=O) groups excluding carboxylic acids is 2. The Labute approximate surface area is 330 Å². The number of aryl methyl sites for hydroxylation is 2. The molecule has 54 heavy (non-hydrogen) atoms. The standard InChI is InChI=1S/C15H15ClFN3O3S2.C15H22ClNO2.C3H8NO5P/c1-23-13(21)8-24-12-7-11(10(17)6-9(12)16)18-14-19-4-2-3-5-20(19)15(22)25-14;1-5-13-8-6-7-11(2)15(13)17(14(18)9-16)12(3)10-19-4;5-3(6)1-4-2-10(7,8)9/h6-7H,2-5,8H2,1H3;6-8,12H,5,9-10H2,1-4H3;4H,1-2H2,(H,5,6)(H2,7,8,9)/b18-14-;;. The van der Waals surface area contributed by atoms with Crippen LogP contribution in [0.5, 0.6) is 0 Å². The van der Waals surface area contributed by atoms with E-state index in [0.717, 1.165) is 65.2 Å². The number of carboxylic acids is 1. The van der Waals surface area contributed by atoms with Crippen molar-refractivity contribution in [2.24, 2.45) is 4.99 Å².